The van der Waals surface area contributed by atoms with Gasteiger partial charge in [-0.05, 0) is 11.4 Å². The Balaban J connectivity index is 1.42. The molecule has 0 amide bonds. The minimum absolute atomic E-state index is 0.623. The van der Waals surface area contributed by atoms with Crippen LogP contribution < -0.4 is 0 Å². The smallest absolute Gasteiger partial charge is 0.205 e. The third kappa shape index (κ3) is 3.67. The zero-order valence-corrected chi connectivity index (χ0v) is 15.3. The maximum absolute atomic E-state index is 5.84. The van der Waals surface area contributed by atoms with Gasteiger partial charge in [-0.3, -0.25) is 0 Å². The molecule has 0 aliphatic rings. The molecule has 0 spiro atoms. The summed E-state index contributed by atoms with van der Waals surface area (Å²) in [6.07, 6.45) is 2.57. The average Bonchev–Trinajstić information content (AvgIpc) is 3.38. The van der Waals surface area contributed by atoms with Crippen molar-refractivity contribution in [3.63, 3.8) is 0 Å². The van der Waals surface area contributed by atoms with Crippen molar-refractivity contribution >= 4 is 23.1 Å². The van der Waals surface area contributed by atoms with E-state index < -0.39 is 0 Å². The van der Waals surface area contributed by atoms with Crippen LogP contribution in [0.2, 0.25) is 0 Å². The number of rotatable bonds is 6. The van der Waals surface area contributed by atoms with E-state index in [2.05, 4.69) is 32.7 Å². The Hall–Kier alpha value is -2.38. The first-order chi connectivity index (χ1) is 12.3. The van der Waals surface area contributed by atoms with Gasteiger partial charge in [0.1, 0.15) is 5.82 Å². The molecule has 4 rings (SSSR count). The van der Waals surface area contributed by atoms with Gasteiger partial charge in [0, 0.05) is 23.9 Å². The van der Waals surface area contributed by atoms with E-state index in [0.717, 1.165) is 28.7 Å². The summed E-state index contributed by atoms with van der Waals surface area (Å²) in [5.74, 6) is 3.05. The Morgan fingerprint density at radius 2 is 2.00 bits per heavy atom. The number of thiophene rings is 1. The van der Waals surface area contributed by atoms with Crippen molar-refractivity contribution in [3.8, 4) is 11.3 Å². The molecule has 0 saturated heterocycles. The first-order valence-electron chi connectivity index (χ1n) is 7.83. The van der Waals surface area contributed by atoms with E-state index in [4.69, 9.17) is 4.42 Å². The highest BCUT2D eigenvalue weighted by molar-refractivity contribution is 7.98. The van der Waals surface area contributed by atoms with Crippen molar-refractivity contribution in [1.82, 2.24) is 19.7 Å². The molecule has 0 unspecified atom stereocenters. The van der Waals surface area contributed by atoms with Gasteiger partial charge >= 0.3 is 0 Å². The SMILES string of the molecule is Cn1c(Cc2cccs2)nnc1SCc1ncc(-c2ccccc2)o1. The summed E-state index contributed by atoms with van der Waals surface area (Å²) in [6, 6.07) is 14.2. The predicted molar refractivity (Wildman–Crippen MR) is 99.6 cm³/mol. The van der Waals surface area contributed by atoms with Crippen LogP contribution in [0.25, 0.3) is 11.3 Å². The van der Waals surface area contributed by atoms with Gasteiger partial charge in [0.05, 0.1) is 11.9 Å². The summed E-state index contributed by atoms with van der Waals surface area (Å²) in [5.41, 5.74) is 1.03. The number of nitrogens with zero attached hydrogens (tertiary/aromatic N) is 4. The quantitative estimate of drug-likeness (QED) is 0.472. The van der Waals surface area contributed by atoms with Crippen molar-refractivity contribution in [2.75, 3.05) is 0 Å². The van der Waals surface area contributed by atoms with Gasteiger partial charge in [0.15, 0.2) is 10.9 Å². The van der Waals surface area contributed by atoms with Crippen LogP contribution in [0.4, 0.5) is 0 Å². The lowest BCUT2D eigenvalue weighted by Gasteiger charge is -2.01. The summed E-state index contributed by atoms with van der Waals surface area (Å²) in [4.78, 5) is 5.65. The van der Waals surface area contributed by atoms with Crippen LogP contribution in [0.1, 0.15) is 16.6 Å². The molecule has 0 aliphatic carbocycles. The van der Waals surface area contributed by atoms with Gasteiger partial charge < -0.3 is 8.98 Å². The van der Waals surface area contributed by atoms with Crippen molar-refractivity contribution in [2.24, 2.45) is 7.05 Å². The fourth-order valence-electron chi connectivity index (χ4n) is 2.43. The summed E-state index contributed by atoms with van der Waals surface area (Å²) < 4.78 is 7.87. The maximum Gasteiger partial charge on any atom is 0.205 e. The molecule has 25 heavy (non-hydrogen) atoms. The fourth-order valence-corrected chi connectivity index (χ4v) is 3.92. The van der Waals surface area contributed by atoms with Crippen LogP contribution in [0.15, 0.2) is 63.6 Å². The summed E-state index contributed by atoms with van der Waals surface area (Å²) >= 11 is 3.31. The first kappa shape index (κ1) is 16.1. The highest BCUT2D eigenvalue weighted by Crippen LogP contribution is 2.25. The molecule has 126 valence electrons. The summed E-state index contributed by atoms with van der Waals surface area (Å²) in [7, 11) is 2.00. The molecular formula is C18H16N4OS2. The normalized spacial score (nSPS) is 11.1. The molecule has 4 aromatic rings. The van der Waals surface area contributed by atoms with E-state index >= 15 is 0 Å². The van der Waals surface area contributed by atoms with Crippen LogP contribution in [0.3, 0.4) is 0 Å². The Morgan fingerprint density at radius 1 is 1.12 bits per heavy atom. The van der Waals surface area contributed by atoms with Crippen molar-refractivity contribution in [2.45, 2.75) is 17.3 Å². The summed E-state index contributed by atoms with van der Waals surface area (Å²) in [5, 5.41) is 11.5. The molecule has 3 aromatic heterocycles. The Bertz CT molecular complexity index is 945. The van der Waals surface area contributed by atoms with Crippen LogP contribution >= 0.6 is 23.1 Å². The fraction of sp³-hybridized carbons (Fsp3) is 0.167. The van der Waals surface area contributed by atoms with E-state index in [0.29, 0.717) is 11.6 Å². The molecule has 0 fully saturated rings. The summed E-state index contributed by atoms with van der Waals surface area (Å²) in [6.45, 7) is 0. The molecule has 0 radical (unpaired) electrons. The van der Waals surface area contributed by atoms with Crippen LogP contribution in [-0.4, -0.2) is 19.7 Å². The molecule has 1 aromatic carbocycles. The first-order valence-corrected chi connectivity index (χ1v) is 9.69. The Kier molecular flexibility index (Phi) is 4.67. The number of oxazole rings is 1. The second-order valence-electron chi connectivity index (χ2n) is 5.49. The highest BCUT2D eigenvalue weighted by Gasteiger charge is 2.12. The molecular weight excluding hydrogens is 352 g/mol. The predicted octanol–water partition coefficient (Wildman–Crippen LogP) is 4.41. The van der Waals surface area contributed by atoms with Gasteiger partial charge in [-0.25, -0.2) is 4.98 Å². The third-order valence-corrected chi connectivity index (χ3v) is 5.66. The number of hydrogen-bond donors (Lipinski definition) is 0. The standard InChI is InChI=1S/C18H16N4OS2/c1-22-16(10-14-8-5-9-24-14)20-21-18(22)25-12-17-19-11-15(23-17)13-6-3-2-4-7-13/h2-9,11H,10,12H2,1H3. The van der Waals surface area contributed by atoms with Gasteiger partial charge in [0.2, 0.25) is 5.89 Å². The number of aromatic nitrogens is 4. The molecule has 3 heterocycles. The molecule has 5 nitrogen and oxygen atoms in total. The van der Waals surface area contributed by atoms with E-state index in [1.165, 1.54) is 4.88 Å². The maximum atomic E-state index is 5.84. The van der Waals surface area contributed by atoms with Gasteiger partial charge in [0.25, 0.3) is 0 Å². The Morgan fingerprint density at radius 3 is 2.80 bits per heavy atom. The lowest BCUT2D eigenvalue weighted by atomic mass is 10.2. The highest BCUT2D eigenvalue weighted by atomic mass is 32.2. The van der Waals surface area contributed by atoms with Gasteiger partial charge in [-0.15, -0.1) is 21.5 Å². The van der Waals surface area contributed by atoms with E-state index in [1.807, 2.05) is 41.9 Å². The Labute approximate surface area is 153 Å². The zero-order valence-electron chi connectivity index (χ0n) is 13.6. The van der Waals surface area contributed by atoms with Gasteiger partial charge in [-0.1, -0.05) is 48.2 Å². The molecule has 0 atom stereocenters. The lowest BCUT2D eigenvalue weighted by molar-refractivity contribution is 0.529. The number of benzene rings is 1. The van der Waals surface area contributed by atoms with Crippen molar-refractivity contribution in [1.29, 1.82) is 0 Å². The monoisotopic (exact) mass is 368 g/mol. The lowest BCUT2D eigenvalue weighted by Crippen LogP contribution is -1.99. The van der Waals surface area contributed by atoms with Crippen LogP contribution in [-0.2, 0) is 19.2 Å². The van der Waals surface area contributed by atoms with Crippen LogP contribution in [0, 0.1) is 0 Å². The molecule has 7 heteroatoms. The second kappa shape index (κ2) is 7.25. The van der Waals surface area contributed by atoms with Crippen LogP contribution in [0.5, 0.6) is 0 Å². The van der Waals surface area contributed by atoms with Gasteiger partial charge in [-0.2, -0.15) is 0 Å². The van der Waals surface area contributed by atoms with E-state index in [-0.39, 0.29) is 0 Å². The molecule has 0 bridgehead atoms. The third-order valence-electron chi connectivity index (χ3n) is 3.77. The van der Waals surface area contributed by atoms with Crippen molar-refractivity contribution < 1.29 is 4.42 Å². The number of hydrogen-bond acceptors (Lipinski definition) is 6. The van der Waals surface area contributed by atoms with E-state index in [1.54, 1.807) is 29.3 Å². The largest absolute Gasteiger partial charge is 0.440 e. The molecule has 0 saturated carbocycles. The van der Waals surface area contributed by atoms with Crippen molar-refractivity contribution in [3.05, 3.63) is 70.6 Å². The molecule has 0 N–H and O–H groups in total. The molecule has 0 aliphatic heterocycles. The minimum Gasteiger partial charge on any atom is -0.440 e. The second-order valence-corrected chi connectivity index (χ2v) is 7.46. The average molecular weight is 368 g/mol. The van der Waals surface area contributed by atoms with E-state index in [9.17, 15) is 0 Å². The topological polar surface area (TPSA) is 56.7 Å². The zero-order chi connectivity index (χ0) is 17.1. The minimum atomic E-state index is 0.623. The number of thioether (sulfide) groups is 1.